The fourth-order valence-electron chi connectivity index (χ4n) is 1.08. The predicted octanol–water partition coefficient (Wildman–Crippen LogP) is 4.98. The third kappa shape index (κ3) is 4.30. The number of rotatable bonds is 4. The summed E-state index contributed by atoms with van der Waals surface area (Å²) in [5, 5.41) is 7.32. The van der Waals surface area contributed by atoms with E-state index in [9.17, 15) is 9.18 Å². The monoisotopic (exact) mass is 326 g/mol. The third-order valence-corrected chi connectivity index (χ3v) is 2.76. The van der Waals surface area contributed by atoms with Gasteiger partial charge in [0, 0.05) is 11.9 Å². The number of carbonyl (C=O) groups is 1. The van der Waals surface area contributed by atoms with Crippen molar-refractivity contribution in [2.45, 2.75) is 19.6 Å². The summed E-state index contributed by atoms with van der Waals surface area (Å²) in [6.07, 6.45) is 0. The van der Waals surface area contributed by atoms with E-state index in [4.69, 9.17) is 34.8 Å². The van der Waals surface area contributed by atoms with Crippen molar-refractivity contribution in [1.82, 2.24) is 0 Å². The molecule has 0 saturated heterocycles. The van der Waals surface area contributed by atoms with Crippen LogP contribution in [0.5, 0.6) is 0 Å². The molecule has 0 aliphatic rings. The molecule has 1 atom stereocenters. The van der Waals surface area contributed by atoms with E-state index in [-0.39, 0.29) is 22.3 Å². The van der Waals surface area contributed by atoms with Crippen LogP contribution in [0.4, 0.5) is 10.1 Å². The van der Waals surface area contributed by atoms with E-state index in [1.165, 1.54) is 12.1 Å². The summed E-state index contributed by atoms with van der Waals surface area (Å²) in [5.74, 6) is -3.75. The summed E-state index contributed by atoms with van der Waals surface area (Å²) >= 11 is 17.4. The van der Waals surface area contributed by atoms with Gasteiger partial charge in [-0.1, -0.05) is 34.8 Å². The van der Waals surface area contributed by atoms with Crippen LogP contribution >= 0.6 is 34.8 Å². The van der Waals surface area contributed by atoms with Crippen molar-refractivity contribution in [2.24, 2.45) is 10.2 Å². The summed E-state index contributed by atoms with van der Waals surface area (Å²) < 4.78 is 18.4. The lowest BCUT2D eigenvalue weighted by atomic mass is 10.3. The van der Waals surface area contributed by atoms with Gasteiger partial charge in [-0.15, -0.1) is 10.2 Å². The minimum Gasteiger partial charge on any atom is -0.462 e. The molecule has 0 bridgehead atoms. The van der Waals surface area contributed by atoms with Crippen molar-refractivity contribution in [2.75, 3.05) is 6.61 Å². The first-order valence-electron chi connectivity index (χ1n) is 5.21. The zero-order valence-corrected chi connectivity index (χ0v) is 12.4. The maximum atomic E-state index is 13.9. The Morgan fingerprint density at radius 1 is 1.37 bits per heavy atom. The van der Waals surface area contributed by atoms with Crippen molar-refractivity contribution in [3.8, 4) is 0 Å². The second kappa shape index (κ2) is 6.50. The second-order valence-electron chi connectivity index (χ2n) is 3.59. The zero-order chi connectivity index (χ0) is 14.6. The van der Waals surface area contributed by atoms with E-state index >= 15 is 0 Å². The molecule has 19 heavy (non-hydrogen) atoms. The Balaban J connectivity index is 3.02. The van der Waals surface area contributed by atoms with E-state index in [1.807, 2.05) is 0 Å². The van der Waals surface area contributed by atoms with Gasteiger partial charge in [-0.05, 0) is 19.1 Å². The highest BCUT2D eigenvalue weighted by molar-refractivity contribution is 6.41. The average molecular weight is 328 g/mol. The molecule has 104 valence electrons. The Hall–Kier alpha value is -0.910. The molecule has 0 aliphatic heterocycles. The Kier molecular flexibility index (Phi) is 5.52. The van der Waals surface area contributed by atoms with Crippen LogP contribution < -0.4 is 0 Å². The van der Waals surface area contributed by atoms with Crippen LogP contribution in [0.25, 0.3) is 0 Å². The summed E-state index contributed by atoms with van der Waals surface area (Å²) in [6, 6.07) is 2.76. The minimum atomic E-state index is -2.61. The van der Waals surface area contributed by atoms with Crippen LogP contribution in [0.2, 0.25) is 15.1 Å². The minimum absolute atomic E-state index is 0.0286. The molecule has 1 aromatic carbocycles. The fraction of sp³-hybridized carbons (Fsp3) is 0.364. The molecular formula is C11H10Cl3FN2O2. The molecule has 0 amide bonds. The molecule has 0 aromatic heterocycles. The molecule has 1 rings (SSSR count). The molecule has 4 nitrogen and oxygen atoms in total. The van der Waals surface area contributed by atoms with E-state index in [0.717, 1.165) is 6.92 Å². The average Bonchev–Trinajstić information content (AvgIpc) is 2.27. The van der Waals surface area contributed by atoms with E-state index in [2.05, 4.69) is 15.0 Å². The van der Waals surface area contributed by atoms with Crippen LogP contribution in [-0.2, 0) is 9.53 Å². The van der Waals surface area contributed by atoms with Crippen LogP contribution in [0.15, 0.2) is 22.4 Å². The maximum absolute atomic E-state index is 13.9. The number of carbonyl (C=O) groups excluding carboxylic acids is 1. The lowest BCUT2D eigenvalue weighted by Crippen LogP contribution is -2.29. The topological polar surface area (TPSA) is 51.0 Å². The number of benzene rings is 1. The molecule has 0 heterocycles. The highest BCUT2D eigenvalue weighted by Gasteiger charge is 2.35. The van der Waals surface area contributed by atoms with Crippen LogP contribution in [-0.4, -0.2) is 18.4 Å². The summed E-state index contributed by atoms with van der Waals surface area (Å²) in [7, 11) is 0. The van der Waals surface area contributed by atoms with E-state index < -0.39 is 11.8 Å². The molecule has 0 spiro atoms. The SMILES string of the molecule is CCOC(=O)C(C)(F)N=Nc1c(Cl)cc(Cl)cc1Cl. The molecule has 1 unspecified atom stereocenters. The molecule has 0 aliphatic carbocycles. The van der Waals surface area contributed by atoms with Crippen LogP contribution in [0.1, 0.15) is 13.8 Å². The van der Waals surface area contributed by atoms with Crippen molar-refractivity contribution < 1.29 is 13.9 Å². The predicted molar refractivity (Wildman–Crippen MR) is 72.1 cm³/mol. The second-order valence-corrected chi connectivity index (χ2v) is 4.84. The number of halogens is 4. The first-order valence-corrected chi connectivity index (χ1v) is 6.35. The van der Waals surface area contributed by atoms with Crippen LogP contribution in [0.3, 0.4) is 0 Å². The van der Waals surface area contributed by atoms with E-state index in [0.29, 0.717) is 5.02 Å². The molecule has 0 radical (unpaired) electrons. The summed E-state index contributed by atoms with van der Waals surface area (Å²) in [5.41, 5.74) is 0.0286. The first kappa shape index (κ1) is 16.1. The fourth-order valence-corrected chi connectivity index (χ4v) is 1.97. The number of alkyl halides is 1. The summed E-state index contributed by atoms with van der Waals surface area (Å²) in [4.78, 5) is 11.3. The maximum Gasteiger partial charge on any atom is 0.368 e. The molecule has 0 saturated carbocycles. The molecular weight excluding hydrogens is 317 g/mol. The number of nitrogens with zero attached hydrogens (tertiary/aromatic N) is 2. The number of hydrogen-bond acceptors (Lipinski definition) is 4. The normalized spacial score (nSPS) is 14.4. The highest BCUT2D eigenvalue weighted by atomic mass is 35.5. The Morgan fingerprint density at radius 3 is 2.37 bits per heavy atom. The van der Waals surface area contributed by atoms with Gasteiger partial charge in [-0.25, -0.2) is 9.18 Å². The first-order chi connectivity index (χ1) is 8.77. The standard InChI is InChI=1S/C11H10Cl3FN2O2/c1-3-19-10(18)11(2,15)17-16-9-7(13)4-6(12)5-8(9)14/h4-5H,3H2,1-2H3. The van der Waals surface area contributed by atoms with Gasteiger partial charge in [-0.2, -0.15) is 0 Å². The Morgan fingerprint density at radius 2 is 1.89 bits per heavy atom. The molecule has 0 N–H and O–H groups in total. The van der Waals surface area contributed by atoms with Crippen LogP contribution in [0, 0.1) is 0 Å². The van der Waals surface area contributed by atoms with Crippen molar-refractivity contribution in [1.29, 1.82) is 0 Å². The highest BCUT2D eigenvalue weighted by Crippen LogP contribution is 2.37. The van der Waals surface area contributed by atoms with Crippen molar-refractivity contribution >= 4 is 46.5 Å². The largest absolute Gasteiger partial charge is 0.462 e. The number of hydrogen-bond donors (Lipinski definition) is 0. The number of azo groups is 1. The molecule has 8 heteroatoms. The van der Waals surface area contributed by atoms with Gasteiger partial charge in [0.2, 0.25) is 0 Å². The zero-order valence-electron chi connectivity index (χ0n) is 10.1. The van der Waals surface area contributed by atoms with Gasteiger partial charge < -0.3 is 4.74 Å². The molecule has 0 fully saturated rings. The van der Waals surface area contributed by atoms with Gasteiger partial charge in [0.25, 0.3) is 0 Å². The van der Waals surface area contributed by atoms with Crippen molar-refractivity contribution in [3.05, 3.63) is 27.2 Å². The lowest BCUT2D eigenvalue weighted by Gasteiger charge is -2.12. The van der Waals surface area contributed by atoms with Gasteiger partial charge >= 0.3 is 11.8 Å². The lowest BCUT2D eigenvalue weighted by molar-refractivity contribution is -0.155. The quantitative estimate of drug-likeness (QED) is 0.445. The van der Waals surface area contributed by atoms with Crippen molar-refractivity contribution in [3.63, 3.8) is 0 Å². The Bertz CT molecular complexity index is 498. The van der Waals surface area contributed by atoms with Gasteiger partial charge in [0.05, 0.1) is 16.7 Å². The van der Waals surface area contributed by atoms with Gasteiger partial charge in [0.1, 0.15) is 5.69 Å². The molecule has 1 aromatic rings. The van der Waals surface area contributed by atoms with Gasteiger partial charge in [0.15, 0.2) is 0 Å². The smallest absolute Gasteiger partial charge is 0.368 e. The Labute approximate surface area is 124 Å². The summed E-state index contributed by atoms with van der Waals surface area (Å²) in [6.45, 7) is 2.51. The number of ether oxygens (including phenoxy) is 1. The third-order valence-electron chi connectivity index (χ3n) is 1.97. The number of esters is 1. The van der Waals surface area contributed by atoms with E-state index in [1.54, 1.807) is 6.92 Å². The van der Waals surface area contributed by atoms with Gasteiger partial charge in [-0.3, -0.25) is 0 Å².